The Kier molecular flexibility index (Phi) is 3.49. The Hall–Kier alpha value is -0.940. The molecule has 1 aliphatic rings. The number of ketones is 1. The first-order chi connectivity index (χ1) is 8.00. The smallest absolute Gasteiger partial charge is 0.186 e. The third-order valence-electron chi connectivity index (χ3n) is 3.24. The molecular formula is C12H18N2O2S. The third kappa shape index (κ3) is 2.35. The molecule has 1 saturated heterocycles. The van der Waals surface area contributed by atoms with Crippen molar-refractivity contribution in [2.24, 2.45) is 0 Å². The zero-order valence-electron chi connectivity index (χ0n) is 10.7. The molecule has 2 rings (SSSR count). The number of carbonyl (C=O) groups excluding carboxylic acids is 1. The highest BCUT2D eigenvalue weighted by atomic mass is 32.1. The number of aromatic nitrogens is 1. The lowest BCUT2D eigenvalue weighted by atomic mass is 10.1. The van der Waals surface area contributed by atoms with Gasteiger partial charge in [-0.05, 0) is 20.3 Å². The Morgan fingerprint density at radius 1 is 1.59 bits per heavy atom. The van der Waals surface area contributed by atoms with Gasteiger partial charge in [-0.25, -0.2) is 4.98 Å². The number of likely N-dealkylation sites (N-methyl/N-ethyl adjacent to an activating group) is 1. The normalized spacial score (nSPS) is 24.0. The van der Waals surface area contributed by atoms with Gasteiger partial charge < -0.3 is 9.64 Å². The molecule has 0 saturated carbocycles. The quantitative estimate of drug-likeness (QED) is 0.776. The van der Waals surface area contributed by atoms with E-state index >= 15 is 0 Å². The van der Waals surface area contributed by atoms with Crippen molar-refractivity contribution in [3.05, 3.63) is 10.6 Å². The van der Waals surface area contributed by atoms with Crippen LogP contribution in [0.2, 0.25) is 0 Å². The lowest BCUT2D eigenvalue weighted by Gasteiger charge is -2.25. The summed E-state index contributed by atoms with van der Waals surface area (Å²) in [5, 5.41) is 0.912. The van der Waals surface area contributed by atoms with E-state index in [0.29, 0.717) is 6.04 Å². The Balaban J connectivity index is 2.22. The predicted molar refractivity (Wildman–Crippen MR) is 69.1 cm³/mol. The van der Waals surface area contributed by atoms with Crippen molar-refractivity contribution in [1.29, 1.82) is 0 Å². The van der Waals surface area contributed by atoms with Crippen LogP contribution in [-0.4, -0.2) is 36.6 Å². The predicted octanol–water partition coefficient (Wildman–Crippen LogP) is 2.27. The number of carbonyl (C=O) groups is 1. The molecule has 1 aromatic heterocycles. The van der Waals surface area contributed by atoms with Crippen LogP contribution in [0.25, 0.3) is 0 Å². The minimum atomic E-state index is 0.0929. The molecule has 0 aromatic carbocycles. The molecule has 17 heavy (non-hydrogen) atoms. The summed E-state index contributed by atoms with van der Waals surface area (Å²) in [4.78, 5) is 18.8. The molecule has 0 radical (unpaired) electrons. The molecule has 2 unspecified atom stereocenters. The summed E-state index contributed by atoms with van der Waals surface area (Å²) in [5.74, 6) is 0.0929. The number of Topliss-reactive ketones (excluding diaryl/α,β-unsaturated/α-hetero) is 1. The first kappa shape index (κ1) is 12.5. The second kappa shape index (κ2) is 4.74. The first-order valence-electron chi connectivity index (χ1n) is 5.83. The number of rotatable bonds is 3. The lowest BCUT2D eigenvalue weighted by molar-refractivity contribution is 0.102. The molecule has 0 bridgehead atoms. The summed E-state index contributed by atoms with van der Waals surface area (Å²) in [6, 6.07) is 0.361. The van der Waals surface area contributed by atoms with Crippen molar-refractivity contribution >= 4 is 22.3 Å². The fourth-order valence-electron chi connectivity index (χ4n) is 2.23. The topological polar surface area (TPSA) is 42.4 Å². The van der Waals surface area contributed by atoms with Gasteiger partial charge in [0.15, 0.2) is 10.9 Å². The molecule has 1 aliphatic heterocycles. The monoisotopic (exact) mass is 254 g/mol. The summed E-state index contributed by atoms with van der Waals surface area (Å²) in [6.07, 6.45) is 1.25. The van der Waals surface area contributed by atoms with Crippen molar-refractivity contribution in [3.63, 3.8) is 0 Å². The van der Waals surface area contributed by atoms with Gasteiger partial charge in [-0.2, -0.15) is 0 Å². The van der Waals surface area contributed by atoms with Crippen LogP contribution in [0.4, 0.5) is 5.13 Å². The molecule has 2 atom stereocenters. The Morgan fingerprint density at radius 2 is 2.29 bits per heavy atom. The highest BCUT2D eigenvalue weighted by Gasteiger charge is 2.30. The number of anilines is 1. The molecule has 94 valence electrons. The molecule has 1 aromatic rings. The van der Waals surface area contributed by atoms with E-state index < -0.39 is 0 Å². The third-order valence-corrected chi connectivity index (χ3v) is 4.59. The van der Waals surface area contributed by atoms with Crippen molar-refractivity contribution in [1.82, 2.24) is 4.98 Å². The van der Waals surface area contributed by atoms with Crippen LogP contribution >= 0.6 is 11.3 Å². The maximum atomic E-state index is 11.4. The van der Waals surface area contributed by atoms with Gasteiger partial charge in [0, 0.05) is 20.6 Å². The number of nitrogens with zero attached hydrogens (tertiary/aromatic N) is 2. The van der Waals surface area contributed by atoms with Crippen LogP contribution in [0.5, 0.6) is 0 Å². The van der Waals surface area contributed by atoms with Crippen molar-refractivity contribution < 1.29 is 9.53 Å². The van der Waals surface area contributed by atoms with Gasteiger partial charge in [0.25, 0.3) is 0 Å². The van der Waals surface area contributed by atoms with E-state index in [0.717, 1.165) is 28.7 Å². The number of hydrogen-bond acceptors (Lipinski definition) is 5. The SMILES string of the molecule is CC(=O)c1sc(N(C)C2CCOC2C)nc1C. The molecule has 2 heterocycles. The maximum absolute atomic E-state index is 11.4. The van der Waals surface area contributed by atoms with Gasteiger partial charge in [-0.15, -0.1) is 0 Å². The van der Waals surface area contributed by atoms with E-state index in [1.54, 1.807) is 6.92 Å². The summed E-state index contributed by atoms with van der Waals surface area (Å²) >= 11 is 1.47. The van der Waals surface area contributed by atoms with Gasteiger partial charge in [-0.1, -0.05) is 11.3 Å². The minimum absolute atomic E-state index is 0.0929. The zero-order valence-corrected chi connectivity index (χ0v) is 11.5. The maximum Gasteiger partial charge on any atom is 0.186 e. The van der Waals surface area contributed by atoms with E-state index in [4.69, 9.17) is 4.74 Å². The fraction of sp³-hybridized carbons (Fsp3) is 0.667. The van der Waals surface area contributed by atoms with Gasteiger partial charge in [0.2, 0.25) is 0 Å². The largest absolute Gasteiger partial charge is 0.376 e. The van der Waals surface area contributed by atoms with Crippen molar-refractivity contribution in [2.45, 2.75) is 39.3 Å². The van der Waals surface area contributed by atoms with Crippen molar-refractivity contribution in [3.8, 4) is 0 Å². The van der Waals surface area contributed by atoms with Gasteiger partial charge >= 0.3 is 0 Å². The molecule has 1 fully saturated rings. The summed E-state index contributed by atoms with van der Waals surface area (Å²) < 4.78 is 5.56. The standard InChI is InChI=1S/C12H18N2O2S/c1-7-11(8(2)15)17-12(13-7)14(4)10-5-6-16-9(10)3/h9-10H,5-6H2,1-4H3. The summed E-state index contributed by atoms with van der Waals surface area (Å²) in [7, 11) is 2.03. The van der Waals surface area contributed by atoms with E-state index in [-0.39, 0.29) is 11.9 Å². The molecule has 0 amide bonds. The van der Waals surface area contributed by atoms with Crippen LogP contribution < -0.4 is 4.90 Å². The summed E-state index contributed by atoms with van der Waals surface area (Å²) in [5.41, 5.74) is 0.830. The molecular weight excluding hydrogens is 236 g/mol. The Labute approximate surface area is 106 Å². The lowest BCUT2D eigenvalue weighted by Crippen LogP contribution is -2.36. The highest BCUT2D eigenvalue weighted by Crippen LogP contribution is 2.30. The van der Waals surface area contributed by atoms with E-state index in [2.05, 4.69) is 16.8 Å². The Bertz CT molecular complexity index is 430. The number of aryl methyl sites for hydroxylation is 1. The number of ether oxygens (including phenoxy) is 1. The zero-order chi connectivity index (χ0) is 12.6. The number of thiazole rings is 1. The molecule has 5 heteroatoms. The first-order valence-corrected chi connectivity index (χ1v) is 6.65. The van der Waals surface area contributed by atoms with Crippen LogP contribution in [0.1, 0.15) is 35.6 Å². The van der Waals surface area contributed by atoms with Gasteiger partial charge in [0.1, 0.15) is 0 Å². The van der Waals surface area contributed by atoms with Crippen LogP contribution in [0, 0.1) is 6.92 Å². The highest BCUT2D eigenvalue weighted by molar-refractivity contribution is 7.17. The van der Waals surface area contributed by atoms with E-state index in [1.165, 1.54) is 11.3 Å². The van der Waals surface area contributed by atoms with E-state index in [1.807, 2.05) is 14.0 Å². The molecule has 0 spiro atoms. The average molecular weight is 254 g/mol. The second-order valence-corrected chi connectivity index (χ2v) is 5.49. The average Bonchev–Trinajstić information content (AvgIpc) is 2.83. The molecule has 4 nitrogen and oxygen atoms in total. The molecule has 0 aliphatic carbocycles. The van der Waals surface area contributed by atoms with E-state index in [9.17, 15) is 4.79 Å². The van der Waals surface area contributed by atoms with Gasteiger partial charge in [-0.3, -0.25) is 4.79 Å². The minimum Gasteiger partial charge on any atom is -0.376 e. The van der Waals surface area contributed by atoms with Crippen molar-refractivity contribution in [2.75, 3.05) is 18.6 Å². The van der Waals surface area contributed by atoms with Crippen LogP contribution in [0.15, 0.2) is 0 Å². The Morgan fingerprint density at radius 3 is 2.76 bits per heavy atom. The molecule has 0 N–H and O–H groups in total. The second-order valence-electron chi connectivity index (χ2n) is 4.51. The number of hydrogen-bond donors (Lipinski definition) is 0. The van der Waals surface area contributed by atoms with Gasteiger partial charge in [0.05, 0.1) is 22.7 Å². The fourth-order valence-corrected chi connectivity index (χ4v) is 3.21. The summed E-state index contributed by atoms with van der Waals surface area (Å²) in [6.45, 7) is 6.37. The van der Waals surface area contributed by atoms with Crippen LogP contribution in [-0.2, 0) is 4.74 Å². The van der Waals surface area contributed by atoms with Crippen LogP contribution in [0.3, 0.4) is 0 Å².